The van der Waals surface area contributed by atoms with Crippen molar-refractivity contribution in [1.29, 1.82) is 0 Å². The van der Waals surface area contributed by atoms with Gasteiger partial charge in [-0.3, -0.25) is 9.59 Å². The Morgan fingerprint density at radius 1 is 0.656 bits per heavy atom. The molecule has 166 valence electrons. The van der Waals surface area contributed by atoms with E-state index < -0.39 is 0 Å². The van der Waals surface area contributed by atoms with E-state index >= 15 is 0 Å². The summed E-state index contributed by atoms with van der Waals surface area (Å²) in [4.78, 5) is 29.5. The van der Waals surface area contributed by atoms with Crippen LogP contribution in [0.4, 0.5) is 0 Å². The van der Waals surface area contributed by atoms with Crippen molar-refractivity contribution < 1.29 is 19.1 Å². The number of pyridine rings is 1. The van der Waals surface area contributed by atoms with Gasteiger partial charge in [0.1, 0.15) is 11.4 Å². The van der Waals surface area contributed by atoms with Gasteiger partial charge in [0.25, 0.3) is 11.8 Å². The van der Waals surface area contributed by atoms with Gasteiger partial charge in [0.2, 0.25) is 0 Å². The molecular formula is C25H27N3O4. The number of benzene rings is 2. The van der Waals surface area contributed by atoms with Gasteiger partial charge in [-0.1, -0.05) is 54.6 Å². The van der Waals surface area contributed by atoms with Crippen LogP contribution < -0.4 is 10.6 Å². The maximum atomic E-state index is 12.6. The molecule has 2 amide bonds. The van der Waals surface area contributed by atoms with E-state index in [9.17, 15) is 9.59 Å². The van der Waals surface area contributed by atoms with Crippen LogP contribution in [-0.4, -0.2) is 31.0 Å². The number of ether oxygens (including phenoxy) is 2. The molecule has 32 heavy (non-hydrogen) atoms. The fraction of sp³-hybridized carbons (Fsp3) is 0.240. The number of amides is 2. The summed E-state index contributed by atoms with van der Waals surface area (Å²) in [5.74, 6) is -0.699. The number of carbonyl (C=O) groups is 2. The lowest BCUT2D eigenvalue weighted by Crippen LogP contribution is -2.27. The van der Waals surface area contributed by atoms with E-state index in [-0.39, 0.29) is 23.2 Å². The molecule has 3 aromatic rings. The summed E-state index contributed by atoms with van der Waals surface area (Å²) in [6.45, 7) is 1.61. The number of carbonyl (C=O) groups excluding carboxylic acids is 2. The summed E-state index contributed by atoms with van der Waals surface area (Å²) in [5, 5.41) is 5.71. The van der Waals surface area contributed by atoms with Crippen LogP contribution in [0.2, 0.25) is 0 Å². The highest BCUT2D eigenvalue weighted by Gasteiger charge is 2.13. The van der Waals surface area contributed by atoms with E-state index in [1.54, 1.807) is 32.4 Å². The molecule has 0 saturated heterocycles. The Bertz CT molecular complexity index is 988. The minimum atomic E-state index is -0.350. The Morgan fingerprint density at radius 3 is 1.47 bits per heavy atom. The molecule has 1 aromatic heterocycles. The Balaban J connectivity index is 1.62. The van der Waals surface area contributed by atoms with Crippen molar-refractivity contribution in [3.8, 4) is 0 Å². The lowest BCUT2D eigenvalue weighted by Gasteiger charge is -2.11. The van der Waals surface area contributed by atoms with E-state index in [1.165, 1.54) is 0 Å². The number of nitrogens with zero attached hydrogens (tertiary/aromatic N) is 1. The van der Waals surface area contributed by atoms with Gasteiger partial charge < -0.3 is 20.1 Å². The first-order chi connectivity index (χ1) is 15.6. The molecule has 0 fully saturated rings. The molecule has 0 atom stereocenters. The van der Waals surface area contributed by atoms with Crippen LogP contribution in [-0.2, 0) is 35.8 Å². The molecule has 2 N–H and O–H groups in total. The predicted molar refractivity (Wildman–Crippen MR) is 121 cm³/mol. The highest BCUT2D eigenvalue weighted by atomic mass is 16.5. The van der Waals surface area contributed by atoms with Crippen molar-refractivity contribution in [3.05, 3.63) is 100 Å². The standard InChI is InChI=1S/C25H27N3O4/c1-31-16-20-10-5-3-8-18(20)14-26-24(29)22-12-7-13-23(28-22)25(30)27-15-19-9-4-6-11-21(19)17-32-2/h3-13H,14-17H2,1-2H3,(H,26,29)(H,27,30). The smallest absolute Gasteiger partial charge is 0.270 e. The van der Waals surface area contributed by atoms with Crippen LogP contribution in [0, 0.1) is 0 Å². The first kappa shape index (κ1) is 23.1. The number of nitrogens with one attached hydrogen (secondary N) is 2. The summed E-state index contributed by atoms with van der Waals surface area (Å²) in [6, 6.07) is 20.3. The van der Waals surface area contributed by atoms with Crippen LogP contribution in [0.25, 0.3) is 0 Å². The zero-order valence-corrected chi connectivity index (χ0v) is 18.3. The molecular weight excluding hydrogens is 406 g/mol. The van der Waals surface area contributed by atoms with Crippen molar-refractivity contribution in [2.24, 2.45) is 0 Å². The van der Waals surface area contributed by atoms with E-state index in [2.05, 4.69) is 15.6 Å². The molecule has 0 radical (unpaired) electrons. The van der Waals surface area contributed by atoms with Crippen molar-refractivity contribution in [2.75, 3.05) is 14.2 Å². The van der Waals surface area contributed by atoms with Gasteiger partial charge in [-0.05, 0) is 34.4 Å². The molecule has 3 rings (SSSR count). The molecule has 0 unspecified atom stereocenters. The molecule has 0 aliphatic carbocycles. The molecule has 0 spiro atoms. The number of hydrogen-bond acceptors (Lipinski definition) is 5. The third-order valence-corrected chi connectivity index (χ3v) is 4.93. The molecule has 7 heteroatoms. The maximum Gasteiger partial charge on any atom is 0.270 e. The highest BCUT2D eigenvalue weighted by molar-refractivity contribution is 5.96. The van der Waals surface area contributed by atoms with Crippen LogP contribution in [0.5, 0.6) is 0 Å². The van der Waals surface area contributed by atoms with Crippen LogP contribution >= 0.6 is 0 Å². The van der Waals surface area contributed by atoms with Crippen molar-refractivity contribution in [2.45, 2.75) is 26.3 Å². The summed E-state index contributed by atoms with van der Waals surface area (Å²) < 4.78 is 10.4. The number of hydrogen-bond donors (Lipinski definition) is 2. The first-order valence-corrected chi connectivity index (χ1v) is 10.3. The van der Waals surface area contributed by atoms with Crippen molar-refractivity contribution in [1.82, 2.24) is 15.6 Å². The lowest BCUT2D eigenvalue weighted by atomic mass is 10.1. The highest BCUT2D eigenvalue weighted by Crippen LogP contribution is 2.11. The van der Waals surface area contributed by atoms with Crippen molar-refractivity contribution in [3.63, 3.8) is 0 Å². The first-order valence-electron chi connectivity index (χ1n) is 10.3. The van der Waals surface area contributed by atoms with Crippen LogP contribution in [0.3, 0.4) is 0 Å². The van der Waals surface area contributed by atoms with Gasteiger partial charge in [0, 0.05) is 27.3 Å². The summed E-state index contributed by atoms with van der Waals surface area (Å²) >= 11 is 0. The second-order valence-corrected chi connectivity index (χ2v) is 7.18. The van der Waals surface area contributed by atoms with Crippen molar-refractivity contribution >= 4 is 11.8 Å². The second kappa shape index (κ2) is 11.7. The molecule has 0 saturated carbocycles. The minimum absolute atomic E-state index is 0.182. The fourth-order valence-corrected chi connectivity index (χ4v) is 3.27. The monoisotopic (exact) mass is 433 g/mol. The summed E-state index contributed by atoms with van der Waals surface area (Å²) in [5.41, 5.74) is 4.30. The average molecular weight is 434 g/mol. The van der Waals surface area contributed by atoms with Gasteiger partial charge in [-0.15, -0.1) is 0 Å². The molecule has 0 bridgehead atoms. The quantitative estimate of drug-likeness (QED) is 0.512. The van der Waals surface area contributed by atoms with Gasteiger partial charge >= 0.3 is 0 Å². The summed E-state index contributed by atoms with van der Waals surface area (Å²) in [7, 11) is 3.26. The van der Waals surface area contributed by atoms with Gasteiger partial charge in [0.15, 0.2) is 0 Å². The zero-order chi connectivity index (χ0) is 22.8. The van der Waals surface area contributed by atoms with E-state index in [1.807, 2.05) is 48.5 Å². The normalized spacial score (nSPS) is 10.6. The zero-order valence-electron chi connectivity index (χ0n) is 18.3. The predicted octanol–water partition coefficient (Wildman–Crippen LogP) is 3.23. The lowest BCUT2D eigenvalue weighted by molar-refractivity contribution is 0.0941. The molecule has 0 aliphatic rings. The van der Waals surface area contributed by atoms with Crippen LogP contribution in [0.1, 0.15) is 43.2 Å². The Kier molecular flexibility index (Phi) is 8.48. The van der Waals surface area contributed by atoms with E-state index in [0.717, 1.165) is 22.3 Å². The Labute approximate surface area is 187 Å². The van der Waals surface area contributed by atoms with Gasteiger partial charge in [-0.25, -0.2) is 4.98 Å². The molecule has 2 aromatic carbocycles. The Hall–Kier alpha value is -3.55. The number of methoxy groups -OCH3 is 2. The largest absolute Gasteiger partial charge is 0.380 e. The number of rotatable bonds is 10. The third-order valence-electron chi connectivity index (χ3n) is 4.93. The summed E-state index contributed by atoms with van der Waals surface area (Å²) in [6.07, 6.45) is 0. The third kappa shape index (κ3) is 6.23. The minimum Gasteiger partial charge on any atom is -0.380 e. The maximum absolute atomic E-state index is 12.6. The Morgan fingerprint density at radius 2 is 1.06 bits per heavy atom. The van der Waals surface area contributed by atoms with E-state index in [4.69, 9.17) is 9.47 Å². The van der Waals surface area contributed by atoms with Crippen LogP contribution in [0.15, 0.2) is 66.7 Å². The average Bonchev–Trinajstić information content (AvgIpc) is 2.83. The van der Waals surface area contributed by atoms with Gasteiger partial charge in [-0.2, -0.15) is 0 Å². The molecule has 1 heterocycles. The van der Waals surface area contributed by atoms with E-state index in [0.29, 0.717) is 26.3 Å². The number of aromatic nitrogens is 1. The molecule has 0 aliphatic heterocycles. The van der Waals surface area contributed by atoms with Gasteiger partial charge in [0.05, 0.1) is 13.2 Å². The second-order valence-electron chi connectivity index (χ2n) is 7.18. The topological polar surface area (TPSA) is 89.5 Å². The fourth-order valence-electron chi connectivity index (χ4n) is 3.27. The molecule has 7 nitrogen and oxygen atoms in total. The SMILES string of the molecule is COCc1ccccc1CNC(=O)c1cccc(C(=O)NCc2ccccc2COC)n1.